The minimum Gasteiger partial charge on any atom is -0.368 e. The van der Waals surface area contributed by atoms with Crippen LogP contribution in [0.4, 0.5) is 0 Å². The second kappa shape index (κ2) is 6.90. The molecule has 2 unspecified atom stereocenters. The van der Waals surface area contributed by atoms with Gasteiger partial charge in [-0.05, 0) is 51.1 Å². The van der Waals surface area contributed by atoms with Gasteiger partial charge in [0, 0.05) is 13.1 Å². The number of carbonyl (C=O) groups is 1. The smallest absolute Gasteiger partial charge is 0.237 e. The van der Waals surface area contributed by atoms with Crippen LogP contribution in [0.5, 0.6) is 0 Å². The third-order valence-electron chi connectivity index (χ3n) is 4.79. The molecule has 0 radical (unpaired) electrons. The molecule has 1 aliphatic rings. The molecule has 1 aliphatic carbocycles. The Labute approximate surface area is 124 Å². The Bertz CT molecular complexity index is 322. The highest BCUT2D eigenvalue weighted by atomic mass is 16.1. The van der Waals surface area contributed by atoms with Gasteiger partial charge in [-0.2, -0.15) is 0 Å². The minimum absolute atomic E-state index is 0.175. The molecule has 1 rings (SSSR count). The predicted molar refractivity (Wildman–Crippen MR) is 84.5 cm³/mol. The number of carbonyl (C=O) groups excluding carboxylic acids is 1. The maximum atomic E-state index is 12.0. The molecule has 0 spiro atoms. The number of nitrogens with zero attached hydrogens (tertiary/aromatic N) is 1. The number of nitrogens with two attached hydrogens (primary N) is 1. The van der Waals surface area contributed by atoms with Crippen molar-refractivity contribution in [2.75, 3.05) is 27.2 Å². The van der Waals surface area contributed by atoms with Gasteiger partial charge in [-0.1, -0.05) is 27.2 Å². The van der Waals surface area contributed by atoms with E-state index in [-0.39, 0.29) is 5.91 Å². The van der Waals surface area contributed by atoms with E-state index in [1.165, 1.54) is 6.42 Å². The van der Waals surface area contributed by atoms with E-state index >= 15 is 0 Å². The summed E-state index contributed by atoms with van der Waals surface area (Å²) in [4.78, 5) is 14.1. The zero-order chi connectivity index (χ0) is 15.4. The van der Waals surface area contributed by atoms with Crippen LogP contribution in [0.1, 0.15) is 52.9 Å². The van der Waals surface area contributed by atoms with Gasteiger partial charge in [0.05, 0.1) is 5.54 Å². The molecule has 0 bridgehead atoms. The number of hydrogen-bond acceptors (Lipinski definition) is 3. The monoisotopic (exact) mass is 283 g/mol. The lowest BCUT2D eigenvalue weighted by Gasteiger charge is -2.33. The molecule has 2 atom stereocenters. The molecule has 0 saturated heterocycles. The lowest BCUT2D eigenvalue weighted by molar-refractivity contribution is -0.125. The molecule has 0 aromatic heterocycles. The van der Waals surface area contributed by atoms with E-state index in [9.17, 15) is 4.79 Å². The van der Waals surface area contributed by atoms with Crippen molar-refractivity contribution in [1.82, 2.24) is 10.2 Å². The van der Waals surface area contributed by atoms with Gasteiger partial charge in [0.15, 0.2) is 0 Å². The average molecular weight is 283 g/mol. The van der Waals surface area contributed by atoms with Gasteiger partial charge < -0.3 is 16.0 Å². The van der Waals surface area contributed by atoms with Crippen molar-refractivity contribution in [3.63, 3.8) is 0 Å². The van der Waals surface area contributed by atoms with Crippen LogP contribution in [0.25, 0.3) is 0 Å². The summed E-state index contributed by atoms with van der Waals surface area (Å²) in [5, 5.41) is 3.46. The SMILES string of the molecule is CN(C)CCNC1(C(N)=O)CCCC(C(C)(C)C)CC1. The van der Waals surface area contributed by atoms with E-state index in [0.29, 0.717) is 11.3 Å². The topological polar surface area (TPSA) is 58.4 Å². The van der Waals surface area contributed by atoms with Gasteiger partial charge in [-0.15, -0.1) is 0 Å². The largest absolute Gasteiger partial charge is 0.368 e. The fourth-order valence-electron chi connectivity index (χ4n) is 3.24. The van der Waals surface area contributed by atoms with E-state index < -0.39 is 5.54 Å². The summed E-state index contributed by atoms with van der Waals surface area (Å²) in [6, 6.07) is 0. The Morgan fingerprint density at radius 1 is 1.30 bits per heavy atom. The van der Waals surface area contributed by atoms with Crippen LogP contribution in [-0.4, -0.2) is 43.5 Å². The van der Waals surface area contributed by atoms with Crippen molar-refractivity contribution in [3.05, 3.63) is 0 Å². The van der Waals surface area contributed by atoms with Crippen molar-refractivity contribution in [3.8, 4) is 0 Å². The van der Waals surface area contributed by atoms with Crippen LogP contribution >= 0.6 is 0 Å². The third-order valence-corrected chi connectivity index (χ3v) is 4.79. The van der Waals surface area contributed by atoms with Gasteiger partial charge in [0.25, 0.3) is 0 Å². The normalized spacial score (nSPS) is 28.4. The molecule has 0 aromatic rings. The molecule has 1 saturated carbocycles. The van der Waals surface area contributed by atoms with E-state index in [0.717, 1.165) is 38.8 Å². The number of hydrogen-bond donors (Lipinski definition) is 2. The Morgan fingerprint density at radius 3 is 2.45 bits per heavy atom. The van der Waals surface area contributed by atoms with Gasteiger partial charge >= 0.3 is 0 Å². The molecule has 0 heterocycles. The predicted octanol–water partition coefficient (Wildman–Crippen LogP) is 1.99. The maximum Gasteiger partial charge on any atom is 0.237 e. The summed E-state index contributed by atoms with van der Waals surface area (Å²) in [5.74, 6) is 0.505. The van der Waals surface area contributed by atoms with Crippen molar-refractivity contribution < 1.29 is 4.79 Å². The van der Waals surface area contributed by atoms with Crippen LogP contribution < -0.4 is 11.1 Å². The lowest BCUT2D eigenvalue weighted by Crippen LogP contribution is -2.56. The highest BCUT2D eigenvalue weighted by Crippen LogP contribution is 2.39. The quantitative estimate of drug-likeness (QED) is 0.759. The van der Waals surface area contributed by atoms with Gasteiger partial charge in [-0.3, -0.25) is 4.79 Å². The summed E-state index contributed by atoms with van der Waals surface area (Å²) in [6.07, 6.45) is 5.12. The average Bonchev–Trinajstić information content (AvgIpc) is 2.51. The zero-order valence-corrected chi connectivity index (χ0v) is 14.0. The molecule has 3 N–H and O–H groups in total. The van der Waals surface area contributed by atoms with Crippen LogP contribution in [-0.2, 0) is 4.79 Å². The van der Waals surface area contributed by atoms with Crippen LogP contribution in [0.15, 0.2) is 0 Å². The van der Waals surface area contributed by atoms with E-state index in [1.807, 2.05) is 14.1 Å². The third kappa shape index (κ3) is 4.74. The minimum atomic E-state index is -0.490. The highest BCUT2D eigenvalue weighted by Gasteiger charge is 2.39. The van der Waals surface area contributed by atoms with E-state index in [2.05, 4.69) is 31.0 Å². The first-order valence-electron chi connectivity index (χ1n) is 7.87. The number of likely N-dealkylation sites (N-methyl/N-ethyl adjacent to an activating group) is 1. The number of nitrogens with one attached hydrogen (secondary N) is 1. The Kier molecular flexibility index (Phi) is 6.02. The van der Waals surface area contributed by atoms with E-state index in [4.69, 9.17) is 5.73 Å². The summed E-state index contributed by atoms with van der Waals surface area (Å²) in [6.45, 7) is 8.64. The Morgan fingerprint density at radius 2 is 1.95 bits per heavy atom. The standard InChI is InChI=1S/C16H33N3O/c1-15(2,3)13-7-6-9-16(10-8-13,14(17)20)18-11-12-19(4)5/h13,18H,6-12H2,1-5H3,(H2,17,20). The second-order valence-electron chi connectivity index (χ2n) is 7.67. The summed E-state index contributed by atoms with van der Waals surface area (Å²) < 4.78 is 0. The highest BCUT2D eigenvalue weighted by molar-refractivity contribution is 5.84. The summed E-state index contributed by atoms with van der Waals surface area (Å²) in [5.41, 5.74) is 5.55. The molecule has 0 aromatic carbocycles. The van der Waals surface area contributed by atoms with Gasteiger partial charge in [0.1, 0.15) is 0 Å². The summed E-state index contributed by atoms with van der Waals surface area (Å²) >= 11 is 0. The van der Waals surface area contributed by atoms with E-state index in [1.54, 1.807) is 0 Å². The fraction of sp³-hybridized carbons (Fsp3) is 0.938. The van der Waals surface area contributed by atoms with Crippen LogP contribution in [0.3, 0.4) is 0 Å². The first-order chi connectivity index (χ1) is 9.17. The molecule has 4 nitrogen and oxygen atoms in total. The molecule has 20 heavy (non-hydrogen) atoms. The van der Waals surface area contributed by atoms with Crippen molar-refractivity contribution in [2.24, 2.45) is 17.1 Å². The van der Waals surface area contributed by atoms with Crippen molar-refractivity contribution >= 4 is 5.91 Å². The fourth-order valence-corrected chi connectivity index (χ4v) is 3.24. The second-order valence-corrected chi connectivity index (χ2v) is 7.67. The van der Waals surface area contributed by atoms with Gasteiger partial charge in [-0.25, -0.2) is 0 Å². The van der Waals surface area contributed by atoms with Crippen LogP contribution in [0, 0.1) is 11.3 Å². The van der Waals surface area contributed by atoms with Crippen molar-refractivity contribution in [1.29, 1.82) is 0 Å². The molecule has 4 heteroatoms. The van der Waals surface area contributed by atoms with Crippen molar-refractivity contribution in [2.45, 2.75) is 58.4 Å². The van der Waals surface area contributed by atoms with Gasteiger partial charge in [0.2, 0.25) is 5.91 Å². The number of amides is 1. The molecule has 0 aliphatic heterocycles. The lowest BCUT2D eigenvalue weighted by atomic mass is 9.76. The summed E-state index contributed by atoms with van der Waals surface area (Å²) in [7, 11) is 4.09. The Hall–Kier alpha value is -0.610. The molecule has 1 fully saturated rings. The first-order valence-corrected chi connectivity index (χ1v) is 7.87. The molecule has 118 valence electrons. The molecular formula is C16H33N3O. The molecule has 1 amide bonds. The van der Waals surface area contributed by atoms with Crippen LogP contribution in [0.2, 0.25) is 0 Å². The number of rotatable bonds is 5. The molecular weight excluding hydrogens is 250 g/mol. The zero-order valence-electron chi connectivity index (χ0n) is 14.0. The first kappa shape index (κ1) is 17.4. The number of primary amides is 1. The Balaban J connectivity index is 2.69. The maximum absolute atomic E-state index is 12.0.